The Labute approximate surface area is 270 Å². The van der Waals surface area contributed by atoms with Crippen molar-refractivity contribution in [2.75, 3.05) is 19.0 Å². The average molecular weight is 640 g/mol. The molecule has 9 nitrogen and oxygen atoms in total. The van der Waals surface area contributed by atoms with Crippen LogP contribution in [0.4, 0.5) is 10.1 Å². The molecule has 5 aromatic rings. The quantitative estimate of drug-likeness (QED) is 0.191. The first-order valence-corrected chi connectivity index (χ1v) is 15.2. The highest BCUT2D eigenvalue weighted by molar-refractivity contribution is 6.33. The SMILES string of the molecule is COc1ncc(-c2ccc3c(c2)c(C(C)=O)cn3CC(=O)N2C[C@H](C)C[C@H]2C(=O)Nc2cccc(-c3ccccc3Cl)c2F)cn1. The molecule has 2 amide bonds. The topological polar surface area (TPSA) is 106 Å². The second-order valence-electron chi connectivity index (χ2n) is 11.5. The minimum atomic E-state index is -0.790. The van der Waals surface area contributed by atoms with Gasteiger partial charge in [-0.25, -0.2) is 14.4 Å². The number of carbonyl (C=O) groups excluding carboxylic acids is 3. The summed E-state index contributed by atoms with van der Waals surface area (Å²) in [6.45, 7) is 3.74. The van der Waals surface area contributed by atoms with E-state index in [9.17, 15) is 14.4 Å². The van der Waals surface area contributed by atoms with Gasteiger partial charge in [-0.1, -0.05) is 54.9 Å². The van der Waals surface area contributed by atoms with Crippen molar-refractivity contribution in [3.8, 4) is 28.3 Å². The van der Waals surface area contributed by atoms with Gasteiger partial charge in [0.2, 0.25) is 11.8 Å². The second kappa shape index (κ2) is 12.7. The summed E-state index contributed by atoms with van der Waals surface area (Å²) < 4.78 is 22.4. The number of likely N-dealkylation sites (tertiary alicyclic amines) is 1. The van der Waals surface area contributed by atoms with Crippen LogP contribution in [0.5, 0.6) is 6.01 Å². The Hall–Kier alpha value is -5.09. The zero-order valence-electron chi connectivity index (χ0n) is 25.5. The van der Waals surface area contributed by atoms with Crippen molar-refractivity contribution in [2.24, 2.45) is 5.92 Å². The maximum atomic E-state index is 15.6. The first kappa shape index (κ1) is 30.9. The maximum absolute atomic E-state index is 15.6. The highest BCUT2D eigenvalue weighted by Gasteiger charge is 2.38. The van der Waals surface area contributed by atoms with Gasteiger partial charge in [-0.3, -0.25) is 14.4 Å². The molecule has 11 heteroatoms. The van der Waals surface area contributed by atoms with Crippen LogP contribution >= 0.6 is 11.6 Å². The molecule has 0 radical (unpaired) electrons. The highest BCUT2D eigenvalue weighted by Crippen LogP contribution is 2.34. The molecule has 2 aromatic heterocycles. The second-order valence-corrected chi connectivity index (χ2v) is 11.9. The molecule has 3 aromatic carbocycles. The molecule has 3 heterocycles. The molecular weight excluding hydrogens is 609 g/mol. The van der Waals surface area contributed by atoms with Crippen LogP contribution in [0.1, 0.15) is 30.6 Å². The number of hydrogen-bond acceptors (Lipinski definition) is 6. The minimum absolute atomic E-state index is 0.00920. The van der Waals surface area contributed by atoms with Gasteiger partial charge in [0.1, 0.15) is 12.6 Å². The molecule has 1 fully saturated rings. The summed E-state index contributed by atoms with van der Waals surface area (Å²) in [6.07, 6.45) is 5.38. The number of halogens is 2. The number of rotatable bonds is 8. The monoisotopic (exact) mass is 639 g/mol. The Morgan fingerprint density at radius 3 is 2.48 bits per heavy atom. The van der Waals surface area contributed by atoms with E-state index in [0.29, 0.717) is 40.0 Å². The molecule has 0 saturated carbocycles. The number of aromatic nitrogens is 3. The molecule has 1 aliphatic heterocycles. The van der Waals surface area contributed by atoms with E-state index in [4.69, 9.17) is 16.3 Å². The number of nitrogens with zero attached hydrogens (tertiary/aromatic N) is 4. The smallest absolute Gasteiger partial charge is 0.316 e. The molecular formula is C35H31ClFN5O4. The largest absolute Gasteiger partial charge is 0.467 e. The lowest BCUT2D eigenvalue weighted by Gasteiger charge is -2.24. The van der Waals surface area contributed by atoms with E-state index in [0.717, 1.165) is 11.1 Å². The predicted octanol–water partition coefficient (Wildman–Crippen LogP) is 6.64. The van der Waals surface area contributed by atoms with Gasteiger partial charge in [-0.05, 0) is 49.1 Å². The highest BCUT2D eigenvalue weighted by atomic mass is 35.5. The van der Waals surface area contributed by atoms with Crippen LogP contribution in [-0.4, -0.2) is 56.7 Å². The molecule has 1 saturated heterocycles. The van der Waals surface area contributed by atoms with Gasteiger partial charge in [-0.2, -0.15) is 0 Å². The lowest BCUT2D eigenvalue weighted by Crippen LogP contribution is -2.44. The third-order valence-corrected chi connectivity index (χ3v) is 8.59. The molecule has 0 aliphatic carbocycles. The van der Waals surface area contributed by atoms with E-state index in [-0.39, 0.29) is 41.4 Å². The maximum Gasteiger partial charge on any atom is 0.316 e. The fraction of sp³-hybridized carbons (Fsp3) is 0.229. The molecule has 234 valence electrons. The molecule has 2 atom stereocenters. The van der Waals surface area contributed by atoms with Crippen LogP contribution in [0.25, 0.3) is 33.2 Å². The van der Waals surface area contributed by atoms with Crippen molar-refractivity contribution in [3.05, 3.63) is 95.7 Å². The number of carbonyl (C=O) groups is 3. The molecule has 0 unspecified atom stereocenters. The normalized spacial score (nSPS) is 16.1. The lowest BCUT2D eigenvalue weighted by molar-refractivity contribution is -0.137. The first-order chi connectivity index (χ1) is 22.1. The fourth-order valence-electron chi connectivity index (χ4n) is 6.00. The van der Waals surface area contributed by atoms with Crippen molar-refractivity contribution in [1.82, 2.24) is 19.4 Å². The lowest BCUT2D eigenvalue weighted by atomic mass is 10.0. The molecule has 0 spiro atoms. The van der Waals surface area contributed by atoms with Gasteiger partial charge >= 0.3 is 6.01 Å². The molecule has 46 heavy (non-hydrogen) atoms. The number of ether oxygens (including phenoxy) is 1. The Kier molecular flexibility index (Phi) is 8.55. The number of amides is 2. The third kappa shape index (κ3) is 5.95. The summed E-state index contributed by atoms with van der Waals surface area (Å²) in [4.78, 5) is 49.8. The predicted molar refractivity (Wildman–Crippen MR) is 174 cm³/mol. The van der Waals surface area contributed by atoms with E-state index in [2.05, 4.69) is 15.3 Å². The van der Waals surface area contributed by atoms with E-state index in [1.165, 1.54) is 25.0 Å². The van der Waals surface area contributed by atoms with Crippen LogP contribution in [0.3, 0.4) is 0 Å². The zero-order valence-corrected chi connectivity index (χ0v) is 26.2. The number of ketones is 1. The fourth-order valence-corrected chi connectivity index (χ4v) is 6.24. The summed E-state index contributed by atoms with van der Waals surface area (Å²) in [5.41, 5.74) is 3.50. The van der Waals surface area contributed by atoms with Crippen molar-refractivity contribution < 1.29 is 23.5 Å². The number of anilines is 1. The molecule has 6 rings (SSSR count). The standard InChI is InChI=1S/C35H31ClFN5O4/c1-20-13-31(34(45)40-29-10-6-8-25(33(29)37)24-7-4-5-9-28(24)36)42(17-20)32(44)19-41-18-27(21(2)43)26-14-22(11-12-30(26)41)23-15-38-35(46-3)39-16-23/h4-12,14-16,18,20,31H,13,17,19H2,1-3H3,(H,40,45)/t20-,31+/m1/s1. The van der Waals surface area contributed by atoms with Gasteiger partial charge in [0.05, 0.1) is 12.8 Å². The molecule has 1 N–H and O–H groups in total. The minimum Gasteiger partial charge on any atom is -0.467 e. The van der Waals surface area contributed by atoms with Gasteiger partial charge in [0, 0.05) is 63.3 Å². The number of fused-ring (bicyclic) bond motifs is 1. The Bertz CT molecular complexity index is 1980. The summed E-state index contributed by atoms with van der Waals surface area (Å²) >= 11 is 6.30. The molecule has 1 aliphatic rings. The number of nitrogens with one attached hydrogen (secondary N) is 1. The Balaban J connectivity index is 1.24. The Morgan fingerprint density at radius 1 is 1.02 bits per heavy atom. The Morgan fingerprint density at radius 2 is 1.76 bits per heavy atom. The zero-order chi connectivity index (χ0) is 32.5. The van der Waals surface area contributed by atoms with E-state index in [1.807, 2.05) is 25.1 Å². The first-order valence-electron chi connectivity index (χ1n) is 14.8. The van der Waals surface area contributed by atoms with E-state index < -0.39 is 17.8 Å². The summed E-state index contributed by atoms with van der Waals surface area (Å²) in [6, 6.07) is 16.7. The van der Waals surface area contributed by atoms with Crippen molar-refractivity contribution in [3.63, 3.8) is 0 Å². The van der Waals surface area contributed by atoms with Crippen LogP contribution in [0, 0.1) is 11.7 Å². The van der Waals surface area contributed by atoms with Crippen LogP contribution in [0.2, 0.25) is 5.02 Å². The summed E-state index contributed by atoms with van der Waals surface area (Å²) in [5, 5.41) is 3.79. The van der Waals surface area contributed by atoms with Crippen molar-refractivity contribution in [2.45, 2.75) is 32.9 Å². The van der Waals surface area contributed by atoms with Gasteiger partial charge in [0.25, 0.3) is 0 Å². The van der Waals surface area contributed by atoms with Gasteiger partial charge in [-0.15, -0.1) is 0 Å². The number of Topliss-reactive ketones (excluding diaryl/α,β-unsaturated/α-hetero) is 1. The van der Waals surface area contributed by atoms with Crippen LogP contribution in [-0.2, 0) is 16.1 Å². The van der Waals surface area contributed by atoms with Crippen LogP contribution in [0.15, 0.2) is 79.3 Å². The van der Waals surface area contributed by atoms with Gasteiger partial charge < -0.3 is 19.5 Å². The van der Waals surface area contributed by atoms with Crippen LogP contribution < -0.4 is 10.1 Å². The number of methoxy groups -OCH3 is 1. The van der Waals surface area contributed by atoms with Crippen molar-refractivity contribution >= 4 is 45.8 Å². The number of benzene rings is 3. The van der Waals surface area contributed by atoms with Gasteiger partial charge in [0.15, 0.2) is 11.6 Å². The number of hydrogen-bond donors (Lipinski definition) is 1. The summed E-state index contributed by atoms with van der Waals surface area (Å²) in [5.74, 6) is -1.45. The third-order valence-electron chi connectivity index (χ3n) is 8.26. The molecule has 0 bridgehead atoms. The van der Waals surface area contributed by atoms with Crippen molar-refractivity contribution in [1.29, 1.82) is 0 Å². The van der Waals surface area contributed by atoms with E-state index >= 15 is 4.39 Å². The summed E-state index contributed by atoms with van der Waals surface area (Å²) in [7, 11) is 1.49. The average Bonchev–Trinajstić information content (AvgIpc) is 3.63. The van der Waals surface area contributed by atoms with E-state index in [1.54, 1.807) is 59.6 Å².